The maximum absolute atomic E-state index is 12.0. The van der Waals surface area contributed by atoms with Crippen LogP contribution in [0, 0.1) is 0 Å². The van der Waals surface area contributed by atoms with Gasteiger partial charge in [0.1, 0.15) is 0 Å². The lowest BCUT2D eigenvalue weighted by molar-refractivity contribution is 0.388. The second kappa shape index (κ2) is 5.36. The molecule has 1 aromatic carbocycles. The van der Waals surface area contributed by atoms with Crippen LogP contribution >= 0.6 is 15.9 Å². The highest BCUT2D eigenvalue weighted by Crippen LogP contribution is 2.46. The van der Waals surface area contributed by atoms with Crippen molar-refractivity contribution in [3.05, 3.63) is 33.8 Å². The molecule has 0 heterocycles. The first kappa shape index (κ1) is 15.5. The zero-order valence-corrected chi connectivity index (χ0v) is 14.9. The number of fused-ring (bicyclic) bond motifs is 1. The Balaban J connectivity index is 1.69. The van der Waals surface area contributed by atoms with Crippen molar-refractivity contribution in [3.8, 4) is 0 Å². The maximum Gasteiger partial charge on any atom is 0.154 e. The van der Waals surface area contributed by atoms with Gasteiger partial charge in [-0.1, -0.05) is 22.0 Å². The van der Waals surface area contributed by atoms with Crippen molar-refractivity contribution < 1.29 is 8.42 Å². The maximum atomic E-state index is 12.0. The minimum absolute atomic E-state index is 0.0366. The molecule has 2 atom stereocenters. The van der Waals surface area contributed by atoms with E-state index in [9.17, 15) is 8.42 Å². The van der Waals surface area contributed by atoms with Crippen molar-refractivity contribution in [3.63, 3.8) is 0 Å². The van der Waals surface area contributed by atoms with E-state index in [0.29, 0.717) is 6.04 Å². The van der Waals surface area contributed by atoms with Crippen LogP contribution in [0.4, 0.5) is 0 Å². The summed E-state index contributed by atoms with van der Waals surface area (Å²) in [7, 11) is -2.98. The molecule has 0 amide bonds. The molecule has 5 heteroatoms. The van der Waals surface area contributed by atoms with E-state index in [2.05, 4.69) is 39.4 Å². The molecule has 0 bridgehead atoms. The van der Waals surface area contributed by atoms with Crippen LogP contribution in [0.1, 0.15) is 37.3 Å². The molecule has 2 unspecified atom stereocenters. The molecule has 1 N–H and O–H groups in total. The van der Waals surface area contributed by atoms with E-state index < -0.39 is 14.6 Å². The Labute approximate surface area is 135 Å². The second-order valence-electron chi connectivity index (χ2n) is 6.58. The standard InChI is InChI=1S/C16H22BrNO2S/c1-11(16(7-8-16)21(2,19)20)18-15-6-4-12-9-14(17)5-3-13(12)10-15/h3,5,9,11,15,18H,4,6-8,10H2,1-2H3. The second-order valence-corrected chi connectivity index (χ2v) is 9.85. The van der Waals surface area contributed by atoms with Crippen LogP contribution in [0.3, 0.4) is 0 Å². The number of hydrogen-bond acceptors (Lipinski definition) is 3. The number of benzene rings is 1. The third-order valence-electron chi connectivity index (χ3n) is 5.15. The zero-order chi connectivity index (χ0) is 15.3. The Hall–Kier alpha value is -0.390. The summed E-state index contributed by atoms with van der Waals surface area (Å²) in [6, 6.07) is 6.89. The molecule has 116 valence electrons. The van der Waals surface area contributed by atoms with Crippen LogP contribution in [-0.2, 0) is 22.7 Å². The third-order valence-corrected chi connectivity index (χ3v) is 7.88. The van der Waals surface area contributed by atoms with Gasteiger partial charge >= 0.3 is 0 Å². The van der Waals surface area contributed by atoms with Gasteiger partial charge in [-0.3, -0.25) is 0 Å². The van der Waals surface area contributed by atoms with Gasteiger partial charge < -0.3 is 5.32 Å². The first-order valence-electron chi connectivity index (χ1n) is 7.55. The number of hydrogen-bond donors (Lipinski definition) is 1. The normalized spacial score (nSPS) is 25.2. The topological polar surface area (TPSA) is 46.2 Å². The number of sulfone groups is 1. The summed E-state index contributed by atoms with van der Waals surface area (Å²) in [5.74, 6) is 0. The summed E-state index contributed by atoms with van der Waals surface area (Å²) in [5.41, 5.74) is 2.80. The summed E-state index contributed by atoms with van der Waals surface area (Å²) in [4.78, 5) is 0. The lowest BCUT2D eigenvalue weighted by Crippen LogP contribution is -2.49. The molecule has 21 heavy (non-hydrogen) atoms. The third kappa shape index (κ3) is 2.92. The van der Waals surface area contributed by atoms with Crippen LogP contribution < -0.4 is 5.32 Å². The SMILES string of the molecule is CC(NC1CCc2cc(Br)ccc2C1)C1(S(C)(=O)=O)CC1. The average molecular weight is 372 g/mol. The highest BCUT2D eigenvalue weighted by molar-refractivity contribution is 9.10. The van der Waals surface area contributed by atoms with Crippen LogP contribution in [0.5, 0.6) is 0 Å². The van der Waals surface area contributed by atoms with Crippen LogP contribution in [-0.4, -0.2) is 31.5 Å². The van der Waals surface area contributed by atoms with E-state index in [0.717, 1.165) is 36.6 Å². The number of halogens is 1. The fourth-order valence-electron chi connectivity index (χ4n) is 3.62. The molecule has 2 aliphatic carbocycles. The molecule has 3 rings (SSSR count). The Kier molecular flexibility index (Phi) is 3.95. The lowest BCUT2D eigenvalue weighted by Gasteiger charge is -2.31. The van der Waals surface area contributed by atoms with E-state index in [1.54, 1.807) is 0 Å². The fourth-order valence-corrected chi connectivity index (χ4v) is 5.58. The van der Waals surface area contributed by atoms with E-state index in [-0.39, 0.29) is 6.04 Å². The molecule has 3 nitrogen and oxygen atoms in total. The van der Waals surface area contributed by atoms with E-state index >= 15 is 0 Å². The summed E-state index contributed by atoms with van der Waals surface area (Å²) in [6.07, 6.45) is 6.11. The molecule has 0 spiro atoms. The van der Waals surface area contributed by atoms with Gasteiger partial charge in [-0.05, 0) is 62.3 Å². The molecule has 0 radical (unpaired) electrons. The minimum atomic E-state index is -2.98. The lowest BCUT2D eigenvalue weighted by atomic mass is 9.88. The first-order chi connectivity index (χ1) is 9.82. The van der Waals surface area contributed by atoms with Gasteiger partial charge in [0.25, 0.3) is 0 Å². The van der Waals surface area contributed by atoms with Crippen molar-refractivity contribution in [2.24, 2.45) is 0 Å². The summed E-state index contributed by atoms with van der Waals surface area (Å²) < 4.78 is 24.6. The van der Waals surface area contributed by atoms with Crippen LogP contribution in [0.2, 0.25) is 0 Å². The van der Waals surface area contributed by atoms with E-state index in [1.165, 1.54) is 17.4 Å². The molecular formula is C16H22BrNO2S. The smallest absolute Gasteiger partial charge is 0.154 e. The molecule has 0 saturated heterocycles. The van der Waals surface area contributed by atoms with Crippen LogP contribution in [0.15, 0.2) is 22.7 Å². The molecule has 1 saturated carbocycles. The Morgan fingerprint density at radius 1 is 1.33 bits per heavy atom. The van der Waals surface area contributed by atoms with Gasteiger partial charge in [-0.25, -0.2) is 8.42 Å². The highest BCUT2D eigenvalue weighted by atomic mass is 79.9. The molecule has 2 aliphatic rings. The quantitative estimate of drug-likeness (QED) is 0.884. The minimum Gasteiger partial charge on any atom is -0.310 e. The van der Waals surface area contributed by atoms with Crippen LogP contribution in [0.25, 0.3) is 0 Å². The Bertz CT molecular complexity index is 652. The van der Waals surface area contributed by atoms with Crippen molar-refractivity contribution in [2.75, 3.05) is 6.26 Å². The van der Waals surface area contributed by atoms with Gasteiger partial charge in [-0.15, -0.1) is 0 Å². The number of rotatable bonds is 4. The molecule has 1 aromatic rings. The van der Waals surface area contributed by atoms with Crippen molar-refractivity contribution in [1.82, 2.24) is 5.32 Å². The largest absolute Gasteiger partial charge is 0.310 e. The van der Waals surface area contributed by atoms with Gasteiger partial charge in [0.05, 0.1) is 4.75 Å². The van der Waals surface area contributed by atoms with E-state index in [1.807, 2.05) is 6.92 Å². The highest BCUT2D eigenvalue weighted by Gasteiger charge is 2.56. The summed E-state index contributed by atoms with van der Waals surface area (Å²) in [5, 5.41) is 3.59. The molecular weight excluding hydrogens is 350 g/mol. The van der Waals surface area contributed by atoms with Gasteiger partial charge in [0.2, 0.25) is 0 Å². The molecule has 1 fully saturated rings. The first-order valence-corrected chi connectivity index (χ1v) is 10.2. The Morgan fingerprint density at radius 3 is 2.67 bits per heavy atom. The van der Waals surface area contributed by atoms with Gasteiger partial charge in [0, 0.05) is 22.8 Å². The predicted molar refractivity (Wildman–Crippen MR) is 89.4 cm³/mol. The summed E-state index contributed by atoms with van der Waals surface area (Å²) in [6.45, 7) is 2.03. The Morgan fingerprint density at radius 2 is 2.05 bits per heavy atom. The van der Waals surface area contributed by atoms with Gasteiger partial charge in [0.15, 0.2) is 9.84 Å². The van der Waals surface area contributed by atoms with Gasteiger partial charge in [-0.2, -0.15) is 0 Å². The molecule has 0 aliphatic heterocycles. The van der Waals surface area contributed by atoms with E-state index in [4.69, 9.17) is 0 Å². The monoisotopic (exact) mass is 371 g/mol. The summed E-state index contributed by atoms with van der Waals surface area (Å²) >= 11 is 3.52. The van der Waals surface area contributed by atoms with Crippen molar-refractivity contribution in [1.29, 1.82) is 0 Å². The fraction of sp³-hybridized carbons (Fsp3) is 0.625. The number of aryl methyl sites for hydroxylation is 1. The predicted octanol–water partition coefficient (Wildman–Crippen LogP) is 2.86. The van der Waals surface area contributed by atoms with Crippen molar-refractivity contribution >= 4 is 25.8 Å². The average Bonchev–Trinajstić information content (AvgIpc) is 3.19. The molecule has 0 aromatic heterocycles. The number of nitrogens with one attached hydrogen (secondary N) is 1. The zero-order valence-electron chi connectivity index (χ0n) is 12.5. The van der Waals surface area contributed by atoms with Crippen molar-refractivity contribution in [2.45, 2.75) is 55.9 Å².